The summed E-state index contributed by atoms with van der Waals surface area (Å²) >= 11 is 18.6. The van der Waals surface area contributed by atoms with Crippen molar-refractivity contribution in [3.63, 3.8) is 0 Å². The van der Waals surface area contributed by atoms with Crippen LogP contribution in [0.2, 0.25) is 10.0 Å². The monoisotopic (exact) mass is 949 g/mol. The first-order chi connectivity index (χ1) is 15.4. The molecule has 0 saturated heterocycles. The number of carbonyl (C=O) groups excluding carboxylic acids is 2. The molecule has 0 atom stereocenters. The van der Waals surface area contributed by atoms with Gasteiger partial charge >= 0.3 is 23.1 Å². The maximum Gasteiger partial charge on any atom is 2.00 e. The Morgan fingerprint density at radius 3 is 1.56 bits per heavy atom. The zero-order chi connectivity index (χ0) is 26.6. The second-order valence-corrected chi connectivity index (χ2v) is 18.8. The molecule has 200 valence electrons. The van der Waals surface area contributed by atoms with E-state index in [2.05, 4.69) is 94.4 Å². The predicted octanol–water partition coefficient (Wildman–Crippen LogP) is 6.54. The topological polar surface area (TPSA) is 46.6 Å². The van der Waals surface area contributed by atoms with Crippen molar-refractivity contribution in [3.05, 3.63) is 95.5 Å². The van der Waals surface area contributed by atoms with E-state index in [4.69, 9.17) is 28.0 Å². The van der Waals surface area contributed by atoms with Gasteiger partial charge < -0.3 is 23.6 Å². The summed E-state index contributed by atoms with van der Waals surface area (Å²) in [6, 6.07) is 13.7. The molecule has 0 aliphatic rings. The Labute approximate surface area is 295 Å². The van der Waals surface area contributed by atoms with Crippen LogP contribution in [0, 0.1) is 6.58 Å². The average molecular weight is 951 g/mol. The number of amides is 1. The van der Waals surface area contributed by atoms with Crippen LogP contribution >= 0.6 is 91.0 Å². The average Bonchev–Trinajstić information content (AvgIpc) is 2.80. The molecule has 36 heavy (non-hydrogen) atoms. The predicted molar refractivity (Wildman–Crippen MR) is 181 cm³/mol. The SMILES string of the molecule is C.C=CC(=O)c1ccccc1Cl.CC.CC(I)(I)I.CON(C)C(=O)c1ccccc1Cl.[Br-].[CH-]=C.[Mg+2]. The van der Waals surface area contributed by atoms with Gasteiger partial charge in [0, 0.05) is 12.6 Å². The van der Waals surface area contributed by atoms with Gasteiger partial charge in [0.15, 0.2) is 5.78 Å². The third-order valence-corrected chi connectivity index (χ3v) is 3.65. The van der Waals surface area contributed by atoms with E-state index < -0.39 is 0 Å². The molecule has 0 fully saturated rings. The Morgan fingerprint density at radius 1 is 0.972 bits per heavy atom. The molecule has 0 aliphatic heterocycles. The number of hydroxylamine groups is 2. The van der Waals surface area contributed by atoms with Crippen LogP contribution in [0.5, 0.6) is 0 Å². The molecule has 0 radical (unpaired) electrons. The maximum absolute atomic E-state index is 11.5. The summed E-state index contributed by atoms with van der Waals surface area (Å²) < 4.78 is 0.410. The van der Waals surface area contributed by atoms with Crippen LogP contribution in [0.4, 0.5) is 0 Å². The summed E-state index contributed by atoms with van der Waals surface area (Å²) in [7, 11) is 2.96. The number of rotatable bonds is 4. The summed E-state index contributed by atoms with van der Waals surface area (Å²) in [4.78, 5) is 27.3. The van der Waals surface area contributed by atoms with Crippen molar-refractivity contribution in [3.8, 4) is 0 Å². The Morgan fingerprint density at radius 2 is 1.28 bits per heavy atom. The fourth-order valence-electron chi connectivity index (χ4n) is 1.66. The van der Waals surface area contributed by atoms with Gasteiger partial charge in [-0.3, -0.25) is 21.0 Å². The Balaban J connectivity index is -0.0000000895. The van der Waals surface area contributed by atoms with Gasteiger partial charge in [0.2, 0.25) is 0 Å². The van der Waals surface area contributed by atoms with E-state index in [1.54, 1.807) is 48.5 Å². The summed E-state index contributed by atoms with van der Waals surface area (Å²) in [5.41, 5.74) is 0.942. The van der Waals surface area contributed by atoms with Gasteiger partial charge in [-0.15, -0.1) is 0 Å². The Bertz CT molecular complexity index is 851. The van der Waals surface area contributed by atoms with Crippen molar-refractivity contribution in [1.82, 2.24) is 5.06 Å². The molecule has 0 bridgehead atoms. The number of benzene rings is 2. The van der Waals surface area contributed by atoms with Crippen molar-refractivity contribution >= 4 is 126 Å². The Hall–Kier alpha value is 1.04. The van der Waals surface area contributed by atoms with Gasteiger partial charge in [0.1, 0.15) is -0.565 Å². The third-order valence-electron chi connectivity index (χ3n) is 2.99. The second-order valence-electron chi connectivity index (χ2n) is 5.29. The number of carbonyl (C=O) groups is 2. The molecule has 2 rings (SSSR count). The first-order valence-electron chi connectivity index (χ1n) is 9.37. The number of halogens is 6. The number of nitrogens with zero attached hydrogens (tertiary/aromatic N) is 1. The molecule has 0 N–H and O–H groups in total. The molecule has 0 aromatic heterocycles. The van der Waals surface area contributed by atoms with Gasteiger partial charge in [-0.1, -0.05) is 143 Å². The van der Waals surface area contributed by atoms with Crippen LogP contribution in [0.25, 0.3) is 0 Å². The van der Waals surface area contributed by atoms with Crippen molar-refractivity contribution in [2.75, 3.05) is 14.2 Å². The molecule has 2 aromatic carbocycles. The summed E-state index contributed by atoms with van der Waals surface area (Å²) in [5.74, 6) is -0.399. The molecule has 0 saturated carbocycles. The molecule has 1 amide bonds. The molecular weight excluding hydrogens is 918 g/mol. The number of ketones is 1. The number of allylic oxidation sites excluding steroid dienone is 1. The van der Waals surface area contributed by atoms with Gasteiger partial charge in [0.05, 0.1) is 22.7 Å². The largest absolute Gasteiger partial charge is 2.00 e. The summed E-state index contributed by atoms with van der Waals surface area (Å²) in [5, 5.41) is 2.02. The molecule has 0 unspecified atom stereocenters. The number of hydrogen-bond donors (Lipinski definition) is 0. The minimum atomic E-state index is -0.256. The zero-order valence-corrected chi connectivity index (χ0v) is 31.3. The van der Waals surface area contributed by atoms with Crippen LogP contribution in [-0.2, 0) is 4.84 Å². The molecule has 4 nitrogen and oxygen atoms in total. The Kier molecular flexibility index (Phi) is 42.4. The third kappa shape index (κ3) is 26.6. The first-order valence-corrected chi connectivity index (χ1v) is 13.4. The van der Waals surface area contributed by atoms with E-state index in [1.165, 1.54) is 20.2 Å². The molecule has 2 aromatic rings. The summed E-state index contributed by atoms with van der Waals surface area (Å²) in [6.45, 7) is 16.5. The molecule has 11 heteroatoms. The van der Waals surface area contributed by atoms with E-state index >= 15 is 0 Å². The maximum atomic E-state index is 11.5. The molecular formula is C25H33BrCl2I3MgNO3. The fraction of sp³-hybridized carbons (Fsp3) is 0.280. The minimum absolute atomic E-state index is 0. The van der Waals surface area contributed by atoms with Crippen molar-refractivity contribution < 1.29 is 31.4 Å². The van der Waals surface area contributed by atoms with Crippen LogP contribution in [0.1, 0.15) is 48.9 Å². The normalized spacial score (nSPS) is 8.28. The van der Waals surface area contributed by atoms with Gasteiger partial charge in [-0.25, -0.2) is 5.06 Å². The quantitative estimate of drug-likeness (QED) is 0.0667. The van der Waals surface area contributed by atoms with Crippen molar-refractivity contribution in [1.29, 1.82) is 0 Å². The van der Waals surface area contributed by atoms with Crippen molar-refractivity contribution in [2.24, 2.45) is 0 Å². The number of alkyl halides is 3. The molecule has 0 aliphatic carbocycles. The van der Waals surface area contributed by atoms with E-state index in [1.807, 2.05) is 13.8 Å². The minimum Gasteiger partial charge on any atom is -1.00 e. The fourth-order valence-corrected chi connectivity index (χ4v) is 2.10. The first kappa shape index (κ1) is 49.9. The zero-order valence-electron chi connectivity index (χ0n) is 20.3. The molecule has 0 spiro atoms. The second kappa shape index (κ2) is 30.6. The summed E-state index contributed by atoms with van der Waals surface area (Å²) in [6.07, 6.45) is 1.25. The van der Waals surface area contributed by atoms with Crippen LogP contribution in [-0.4, -0.2) is 53.4 Å². The van der Waals surface area contributed by atoms with Crippen molar-refractivity contribution in [2.45, 2.75) is 27.6 Å². The van der Waals surface area contributed by atoms with Gasteiger partial charge in [-0.2, -0.15) is 0 Å². The van der Waals surface area contributed by atoms with Crippen LogP contribution in [0.15, 0.2) is 67.8 Å². The number of hydrogen-bond acceptors (Lipinski definition) is 3. The van der Waals surface area contributed by atoms with Gasteiger partial charge in [-0.05, 0) is 37.3 Å². The van der Waals surface area contributed by atoms with E-state index in [0.29, 0.717) is 20.6 Å². The standard InChI is InChI=1S/C9H10ClNO2.C9H7ClO.C2H3I3.C2H6.C2H3.CH4.BrH.Mg/c1-11(13-2)9(12)7-5-3-4-6-8(7)10;1-2-9(11)7-5-3-4-6-8(7)10;1-2(3,4)5;2*1-2;;;/h3-6H,1-2H3;2-6H,1H2;1H3;1-2H3;1H,2H2;1H4;1H;/q;;;;-1;;;+2/p-1. The van der Waals surface area contributed by atoms with E-state index in [0.717, 1.165) is 5.06 Å². The van der Waals surface area contributed by atoms with Crippen LogP contribution < -0.4 is 17.0 Å². The van der Waals surface area contributed by atoms with E-state index in [-0.39, 0.29) is 59.2 Å². The molecule has 0 heterocycles. The van der Waals surface area contributed by atoms with E-state index in [9.17, 15) is 9.59 Å². The smallest absolute Gasteiger partial charge is 1.00 e. The van der Waals surface area contributed by atoms with Gasteiger partial charge in [0.25, 0.3) is 5.91 Å². The van der Waals surface area contributed by atoms with Crippen LogP contribution in [0.3, 0.4) is 0 Å².